The summed E-state index contributed by atoms with van der Waals surface area (Å²) in [5, 5.41) is 5.46. The van der Waals surface area contributed by atoms with E-state index in [-0.39, 0.29) is 0 Å². The fourth-order valence-electron chi connectivity index (χ4n) is 4.14. The molecule has 0 unspecified atom stereocenters. The van der Waals surface area contributed by atoms with E-state index < -0.39 is 0 Å². The van der Waals surface area contributed by atoms with Gasteiger partial charge in [-0.1, -0.05) is 35.4 Å². The fourth-order valence-corrected chi connectivity index (χ4v) is 4.96. The molecule has 0 saturated carbocycles. The number of fused-ring (bicyclic) bond motifs is 3. The quantitative estimate of drug-likeness (QED) is 0.200. The molecule has 5 aromatic carbocycles. The van der Waals surface area contributed by atoms with Gasteiger partial charge in [-0.2, -0.15) is 6.08 Å². The van der Waals surface area contributed by atoms with Crippen LogP contribution in [0.15, 0.2) is 121 Å². The summed E-state index contributed by atoms with van der Waals surface area (Å²) in [4.78, 5) is 0. The summed E-state index contributed by atoms with van der Waals surface area (Å²) in [6.07, 6.45) is 8.24. The molecule has 1 aliphatic rings. The van der Waals surface area contributed by atoms with E-state index in [0.717, 1.165) is 6.42 Å². The third kappa shape index (κ3) is 6.77. The Morgan fingerprint density at radius 3 is 1.54 bits per heavy atom. The topological polar surface area (TPSA) is 0 Å². The van der Waals surface area contributed by atoms with Crippen molar-refractivity contribution in [2.45, 2.75) is 27.2 Å². The molecule has 0 saturated heterocycles. The molecule has 0 fully saturated rings. The van der Waals surface area contributed by atoms with Crippen LogP contribution in [0.4, 0.5) is 0 Å². The van der Waals surface area contributed by atoms with E-state index in [0.29, 0.717) is 0 Å². The Kier molecular flexibility index (Phi) is 8.67. The third-order valence-corrected chi connectivity index (χ3v) is 7.43. The van der Waals surface area contributed by atoms with Crippen molar-refractivity contribution in [2.24, 2.45) is 0 Å². The number of rotatable bonds is 2. The molecule has 0 spiro atoms. The molecular weight excluding hydrogens is 500 g/mol. The second kappa shape index (κ2) is 12.1. The molecule has 0 bridgehead atoms. The second-order valence-corrected chi connectivity index (χ2v) is 10.2. The van der Waals surface area contributed by atoms with Gasteiger partial charge in [-0.25, -0.2) is 11.6 Å². The number of benzene rings is 4. The van der Waals surface area contributed by atoms with Crippen molar-refractivity contribution >= 4 is 24.8 Å². The Balaban J connectivity index is 0.000000135. The van der Waals surface area contributed by atoms with Gasteiger partial charge in [-0.05, 0) is 13.8 Å². The van der Waals surface area contributed by atoms with Crippen LogP contribution in [0.25, 0.3) is 21.5 Å². The predicted octanol–water partition coefficient (Wildman–Crippen LogP) is 8.83. The van der Waals surface area contributed by atoms with Gasteiger partial charge in [0.1, 0.15) is 0 Å². The van der Waals surface area contributed by atoms with Crippen LogP contribution >= 0.6 is 0 Å². The summed E-state index contributed by atoms with van der Waals surface area (Å²) in [5.74, 6) is 0. The molecule has 0 amide bonds. The first kappa shape index (κ1) is 25.1. The molecule has 6 rings (SSSR count). The Morgan fingerprint density at radius 2 is 1.17 bits per heavy atom. The van der Waals surface area contributed by atoms with Crippen LogP contribution in [0.1, 0.15) is 35.6 Å². The average molecular weight is 530 g/mol. The maximum absolute atomic E-state index is 3.05. The van der Waals surface area contributed by atoms with Crippen molar-refractivity contribution in [1.29, 1.82) is 0 Å². The molecule has 0 nitrogen and oxygen atoms in total. The van der Waals surface area contributed by atoms with Crippen molar-refractivity contribution in [3.63, 3.8) is 0 Å². The Hall–Kier alpha value is -3.02. The van der Waals surface area contributed by atoms with Crippen molar-refractivity contribution < 1.29 is 24.2 Å². The number of aryl methyl sites for hydroxylation is 2. The van der Waals surface area contributed by atoms with Crippen LogP contribution in [-0.4, -0.2) is 3.21 Å². The van der Waals surface area contributed by atoms with Crippen molar-refractivity contribution in [3.05, 3.63) is 149 Å². The van der Waals surface area contributed by atoms with E-state index in [2.05, 4.69) is 136 Å². The van der Waals surface area contributed by atoms with Gasteiger partial charge in [0.05, 0.1) is 0 Å². The van der Waals surface area contributed by atoms with Crippen LogP contribution in [0.3, 0.4) is 0 Å². The molecule has 1 aliphatic carbocycles. The van der Waals surface area contributed by atoms with Crippen LogP contribution in [0, 0.1) is 19.9 Å². The van der Waals surface area contributed by atoms with Gasteiger partial charge in [0.25, 0.3) is 0 Å². The first-order chi connectivity index (χ1) is 17.0. The Morgan fingerprint density at radius 1 is 0.686 bits per heavy atom. The number of hydrogen-bond acceptors (Lipinski definition) is 0. The number of allylic oxidation sites excluding steroid dienone is 4. The van der Waals surface area contributed by atoms with Crippen LogP contribution in [0.2, 0.25) is 0 Å². The fraction of sp³-hybridized carbons (Fsp3) is 0.118. The predicted molar refractivity (Wildman–Crippen MR) is 149 cm³/mol. The zero-order valence-electron chi connectivity index (χ0n) is 20.7. The minimum absolute atomic E-state index is 1.02. The standard InChI is InChI=1S/C15H13.C13H10.C6H7.Zr/c1-10-3-5-14-12(7-10)9-13-8-11(2)4-6-15(13)14;1-3-7-12(8-4-1)11-13-9-5-2-6-10-13;1-6-4-2-3-5-6;/h3-9H,1-2H3;1-10H;4-5H,2H2,1H3;/q-1;;-1;+2. The molecule has 0 atom stereocenters. The summed E-state index contributed by atoms with van der Waals surface area (Å²) < 4.78 is 1.42. The zero-order valence-corrected chi connectivity index (χ0v) is 23.1. The molecule has 0 heterocycles. The molecule has 0 aromatic heterocycles. The molecule has 0 aliphatic heterocycles. The van der Waals surface area contributed by atoms with Gasteiger partial charge in [0.2, 0.25) is 0 Å². The van der Waals surface area contributed by atoms with E-state index in [9.17, 15) is 0 Å². The average Bonchev–Trinajstić information content (AvgIpc) is 3.50. The van der Waals surface area contributed by atoms with Gasteiger partial charge in [-0.3, -0.25) is 6.08 Å². The van der Waals surface area contributed by atoms with Gasteiger partial charge < -0.3 is 0 Å². The van der Waals surface area contributed by atoms with E-state index in [1.54, 1.807) is 0 Å². The Bertz CT molecular complexity index is 1380. The van der Waals surface area contributed by atoms with E-state index in [1.807, 2.05) is 6.08 Å². The van der Waals surface area contributed by atoms with Crippen molar-refractivity contribution in [2.75, 3.05) is 0 Å². The minimum atomic E-state index is 1.02. The third-order valence-electron chi connectivity index (χ3n) is 6.01. The summed E-state index contributed by atoms with van der Waals surface area (Å²) in [6, 6.07) is 36.7. The normalized spacial score (nSPS) is 12.0. The molecule has 0 radical (unpaired) electrons. The zero-order chi connectivity index (χ0) is 24.6. The monoisotopic (exact) mass is 528 g/mol. The molecule has 170 valence electrons. The van der Waals surface area contributed by atoms with E-state index in [4.69, 9.17) is 0 Å². The molecular formula is C34H30Zr. The Labute approximate surface area is 224 Å². The SMILES string of the molecule is CC1=CC[C-]=C1.Cc1ccc2c(c1)[cH-]c1cc(C)ccc12.[Zr+2]=[C](c1ccccc1)c1ccccc1. The summed E-state index contributed by atoms with van der Waals surface area (Å²) >= 11 is 1.46. The molecule has 35 heavy (non-hydrogen) atoms. The molecule has 5 aromatic rings. The van der Waals surface area contributed by atoms with Gasteiger partial charge in [0.15, 0.2) is 0 Å². The maximum atomic E-state index is 3.05. The van der Waals surface area contributed by atoms with E-state index in [1.165, 1.54) is 76.8 Å². The van der Waals surface area contributed by atoms with Gasteiger partial charge in [-0.15, -0.1) is 53.1 Å². The van der Waals surface area contributed by atoms with Gasteiger partial charge in [0, 0.05) is 0 Å². The van der Waals surface area contributed by atoms with Crippen molar-refractivity contribution in [3.8, 4) is 0 Å². The van der Waals surface area contributed by atoms with Crippen LogP contribution in [0.5, 0.6) is 0 Å². The van der Waals surface area contributed by atoms with Gasteiger partial charge >= 0.3 is 99.2 Å². The van der Waals surface area contributed by atoms with E-state index >= 15 is 0 Å². The first-order valence-corrected chi connectivity index (χ1v) is 13.2. The van der Waals surface area contributed by atoms with Crippen LogP contribution in [-0.2, 0) is 24.2 Å². The summed E-state index contributed by atoms with van der Waals surface area (Å²) in [7, 11) is 0. The molecule has 0 N–H and O–H groups in total. The molecule has 1 heteroatoms. The second-order valence-electron chi connectivity index (χ2n) is 8.93. The number of hydrogen-bond donors (Lipinski definition) is 0. The summed E-state index contributed by atoms with van der Waals surface area (Å²) in [6.45, 7) is 6.37. The van der Waals surface area contributed by atoms with Crippen molar-refractivity contribution in [1.82, 2.24) is 0 Å². The summed E-state index contributed by atoms with van der Waals surface area (Å²) in [5.41, 5.74) is 6.66. The van der Waals surface area contributed by atoms with Crippen LogP contribution < -0.4 is 0 Å². The first-order valence-electron chi connectivity index (χ1n) is 12.0.